The molecule has 7 rings (SSSR count). The molecule has 2 amide bonds. The van der Waals surface area contributed by atoms with Crippen molar-refractivity contribution < 1.29 is 14.4 Å². The predicted molar refractivity (Wildman–Crippen MR) is 152 cm³/mol. The van der Waals surface area contributed by atoms with Gasteiger partial charge in [0.25, 0.3) is 0 Å². The molecule has 40 heavy (non-hydrogen) atoms. The molecule has 0 bridgehead atoms. The van der Waals surface area contributed by atoms with Crippen molar-refractivity contribution in [1.29, 1.82) is 0 Å². The van der Waals surface area contributed by atoms with Gasteiger partial charge in [-0.25, -0.2) is 4.98 Å². The lowest BCUT2D eigenvalue weighted by Gasteiger charge is -2.35. The van der Waals surface area contributed by atoms with Crippen molar-refractivity contribution in [3.8, 4) is 0 Å². The van der Waals surface area contributed by atoms with Crippen molar-refractivity contribution in [3.63, 3.8) is 0 Å². The fraction of sp³-hybridized carbons (Fsp3) is 0.375. The third-order valence-electron chi connectivity index (χ3n) is 9.33. The summed E-state index contributed by atoms with van der Waals surface area (Å²) >= 11 is 0. The molecule has 1 saturated heterocycles. The molecule has 3 aromatic rings. The van der Waals surface area contributed by atoms with Gasteiger partial charge in [-0.1, -0.05) is 42.5 Å². The number of hydrogen-bond donors (Lipinski definition) is 3. The van der Waals surface area contributed by atoms with Gasteiger partial charge in [0.1, 0.15) is 5.82 Å². The highest BCUT2D eigenvalue weighted by Gasteiger charge is 2.51. The zero-order chi connectivity index (χ0) is 27.3. The molecule has 3 atom stereocenters. The first kappa shape index (κ1) is 25.1. The molecule has 2 aromatic carbocycles. The number of carbonyl (C=O) groups excluding carboxylic acids is 3. The highest BCUT2D eigenvalue weighted by atomic mass is 16.2. The number of carbonyl (C=O) groups is 3. The molecule has 3 heterocycles. The van der Waals surface area contributed by atoms with Crippen LogP contribution in [-0.2, 0) is 32.6 Å². The first-order valence-corrected chi connectivity index (χ1v) is 14.2. The fourth-order valence-electron chi connectivity index (χ4n) is 7.38. The number of Topliss-reactive ketones (excluding diaryl/α,β-unsaturated/α-hetero) is 1. The Kier molecular flexibility index (Phi) is 6.05. The van der Waals surface area contributed by atoms with Crippen LogP contribution in [0.4, 0.5) is 11.5 Å². The number of hydrogen-bond acceptors (Lipinski definition) is 6. The molecular weight excluding hydrogens is 502 g/mol. The van der Waals surface area contributed by atoms with Crippen LogP contribution in [0.5, 0.6) is 0 Å². The van der Waals surface area contributed by atoms with Crippen LogP contribution in [0.15, 0.2) is 66.9 Å². The summed E-state index contributed by atoms with van der Waals surface area (Å²) < 4.78 is 0. The molecule has 2 spiro atoms. The summed E-state index contributed by atoms with van der Waals surface area (Å²) in [5.74, 6) is 0.781. The van der Waals surface area contributed by atoms with Gasteiger partial charge in [-0.3, -0.25) is 19.3 Å². The zero-order valence-electron chi connectivity index (χ0n) is 22.4. The van der Waals surface area contributed by atoms with Crippen LogP contribution in [0.1, 0.15) is 54.0 Å². The number of benzene rings is 2. The van der Waals surface area contributed by atoms with Gasteiger partial charge in [-0.2, -0.15) is 0 Å². The maximum absolute atomic E-state index is 13.5. The summed E-state index contributed by atoms with van der Waals surface area (Å²) in [6.07, 6.45) is 6.01. The van der Waals surface area contributed by atoms with Crippen molar-refractivity contribution in [2.45, 2.75) is 55.5 Å². The number of fused-ring (bicyclic) bond motifs is 3. The maximum Gasteiger partial charge on any atom is 0.238 e. The third-order valence-corrected chi connectivity index (χ3v) is 9.33. The largest absolute Gasteiger partial charge is 0.325 e. The van der Waals surface area contributed by atoms with Crippen LogP contribution in [0.3, 0.4) is 0 Å². The summed E-state index contributed by atoms with van der Waals surface area (Å²) in [6.45, 7) is 1.45. The fourth-order valence-corrected chi connectivity index (χ4v) is 7.38. The van der Waals surface area contributed by atoms with E-state index in [1.54, 1.807) is 6.20 Å². The lowest BCUT2D eigenvalue weighted by molar-refractivity contribution is -0.125. The normalized spacial score (nSPS) is 27.4. The Hall–Kier alpha value is -3.88. The molecule has 204 valence electrons. The first-order chi connectivity index (χ1) is 19.5. The van der Waals surface area contributed by atoms with Crippen LogP contribution in [0, 0.1) is 0 Å². The summed E-state index contributed by atoms with van der Waals surface area (Å²) in [5, 5.41) is 9.62. The SMILES string of the molecule is O=C(CN1CC2(CCCC2=O)NCCC1c1ccccc1)Nc1ccc2c(c1)CC1(C2)C(=O)Nc2ncccc21. The molecule has 2 aliphatic heterocycles. The average Bonchev–Trinajstić information content (AvgIpc) is 3.55. The number of anilines is 2. The van der Waals surface area contributed by atoms with E-state index in [1.807, 2.05) is 48.5 Å². The molecule has 4 aliphatic rings. The molecule has 8 heteroatoms. The van der Waals surface area contributed by atoms with Gasteiger partial charge < -0.3 is 16.0 Å². The van der Waals surface area contributed by atoms with E-state index in [9.17, 15) is 14.4 Å². The molecule has 0 radical (unpaired) electrons. The second-order valence-electron chi connectivity index (χ2n) is 11.7. The second-order valence-corrected chi connectivity index (χ2v) is 11.7. The van der Waals surface area contributed by atoms with Gasteiger partial charge in [-0.05, 0) is 73.5 Å². The third kappa shape index (κ3) is 4.14. The molecule has 1 saturated carbocycles. The Bertz CT molecular complexity index is 1510. The number of amides is 2. The molecule has 1 aromatic heterocycles. The van der Waals surface area contributed by atoms with Gasteiger partial charge in [0.05, 0.1) is 17.5 Å². The van der Waals surface area contributed by atoms with Crippen molar-refractivity contribution in [2.75, 3.05) is 30.3 Å². The van der Waals surface area contributed by atoms with E-state index in [-0.39, 0.29) is 30.2 Å². The lowest BCUT2D eigenvalue weighted by atomic mass is 9.79. The summed E-state index contributed by atoms with van der Waals surface area (Å²) in [6, 6.07) is 20.1. The van der Waals surface area contributed by atoms with E-state index in [2.05, 4.69) is 38.0 Å². The Balaban J connectivity index is 1.11. The highest BCUT2D eigenvalue weighted by molar-refractivity contribution is 6.06. The highest BCUT2D eigenvalue weighted by Crippen LogP contribution is 2.47. The van der Waals surface area contributed by atoms with Crippen molar-refractivity contribution in [2.24, 2.45) is 0 Å². The molecule has 2 aliphatic carbocycles. The van der Waals surface area contributed by atoms with Gasteiger partial charge >= 0.3 is 0 Å². The molecule has 8 nitrogen and oxygen atoms in total. The Morgan fingerprint density at radius 3 is 2.73 bits per heavy atom. The maximum atomic E-state index is 13.5. The number of nitrogens with one attached hydrogen (secondary N) is 3. The van der Waals surface area contributed by atoms with Crippen molar-refractivity contribution in [3.05, 3.63) is 89.1 Å². The standard InChI is InChI=1S/C32H33N5O3/c38-27-9-4-13-32(27)20-37(26(12-15-34-32)21-6-2-1-3-7-21)19-28(39)35-24-11-10-22-17-31(18-23(22)16-24)25-8-5-14-33-29(25)36-30(31)40/h1-3,5-8,10-11,14,16,26,34H,4,9,12-13,15,17-20H2,(H,35,39)(H,33,36,40). The number of pyridine rings is 1. The van der Waals surface area contributed by atoms with Gasteiger partial charge in [0.15, 0.2) is 5.78 Å². The first-order valence-electron chi connectivity index (χ1n) is 14.2. The van der Waals surface area contributed by atoms with E-state index in [0.717, 1.165) is 53.7 Å². The molecular formula is C32H33N5O3. The number of rotatable bonds is 4. The number of ketones is 1. The second kappa shape index (κ2) is 9.64. The number of nitrogens with zero attached hydrogens (tertiary/aromatic N) is 2. The van der Waals surface area contributed by atoms with Crippen molar-refractivity contribution >= 4 is 29.1 Å². The van der Waals surface area contributed by atoms with E-state index in [1.165, 1.54) is 0 Å². The summed E-state index contributed by atoms with van der Waals surface area (Å²) in [7, 11) is 0. The van der Waals surface area contributed by atoms with E-state index >= 15 is 0 Å². The molecule has 2 fully saturated rings. The Morgan fingerprint density at radius 1 is 1.05 bits per heavy atom. The summed E-state index contributed by atoms with van der Waals surface area (Å²) in [5.41, 5.74) is 3.81. The smallest absolute Gasteiger partial charge is 0.238 e. The predicted octanol–water partition coefficient (Wildman–Crippen LogP) is 3.54. The van der Waals surface area contributed by atoms with E-state index in [0.29, 0.717) is 31.6 Å². The van der Waals surface area contributed by atoms with Gasteiger partial charge in [-0.15, -0.1) is 0 Å². The van der Waals surface area contributed by atoms with Gasteiger partial charge in [0, 0.05) is 36.5 Å². The molecule has 3 unspecified atom stereocenters. The van der Waals surface area contributed by atoms with E-state index in [4.69, 9.17) is 0 Å². The van der Waals surface area contributed by atoms with Crippen LogP contribution < -0.4 is 16.0 Å². The average molecular weight is 536 g/mol. The van der Waals surface area contributed by atoms with Crippen LogP contribution in [0.25, 0.3) is 0 Å². The van der Waals surface area contributed by atoms with Crippen LogP contribution in [-0.4, -0.2) is 52.7 Å². The van der Waals surface area contributed by atoms with Crippen molar-refractivity contribution in [1.82, 2.24) is 15.2 Å². The van der Waals surface area contributed by atoms with Gasteiger partial charge in [0.2, 0.25) is 11.8 Å². The topological polar surface area (TPSA) is 103 Å². The zero-order valence-corrected chi connectivity index (χ0v) is 22.4. The lowest BCUT2D eigenvalue weighted by Crippen LogP contribution is -2.55. The van der Waals surface area contributed by atoms with E-state index < -0.39 is 11.0 Å². The Morgan fingerprint density at radius 2 is 1.90 bits per heavy atom. The van der Waals surface area contributed by atoms with Crippen LogP contribution in [0.2, 0.25) is 0 Å². The monoisotopic (exact) mass is 535 g/mol. The quantitative estimate of drug-likeness (QED) is 0.472. The minimum Gasteiger partial charge on any atom is -0.325 e. The summed E-state index contributed by atoms with van der Waals surface area (Å²) in [4.78, 5) is 46.0. The minimum absolute atomic E-state index is 0.0138. The minimum atomic E-state index is -0.640. The number of aromatic nitrogens is 1. The van der Waals surface area contributed by atoms with Crippen LogP contribution >= 0.6 is 0 Å². The Labute approximate surface area is 233 Å². The molecule has 3 N–H and O–H groups in total.